The van der Waals surface area contributed by atoms with Crippen LogP contribution in [0.2, 0.25) is 0 Å². The fourth-order valence-electron chi connectivity index (χ4n) is 1.49. The van der Waals surface area contributed by atoms with Crippen molar-refractivity contribution in [1.82, 2.24) is 5.32 Å². The summed E-state index contributed by atoms with van der Waals surface area (Å²) in [4.78, 5) is 22.3. The number of nitro benzene ring substituents is 1. The van der Waals surface area contributed by atoms with Crippen molar-refractivity contribution in [1.29, 1.82) is 0 Å². The van der Waals surface area contributed by atoms with Crippen molar-refractivity contribution in [2.45, 2.75) is 27.2 Å². The van der Waals surface area contributed by atoms with Gasteiger partial charge in [0, 0.05) is 6.54 Å². The minimum Gasteiger partial charge on any atom is -0.393 e. The zero-order chi connectivity index (χ0) is 14.6. The number of hydrogen-bond acceptors (Lipinski definition) is 4. The highest BCUT2D eigenvalue weighted by Crippen LogP contribution is 2.26. The number of para-hydroxylation sites is 1. The molecule has 104 valence electrons. The van der Waals surface area contributed by atoms with Gasteiger partial charge in [0.2, 0.25) is 0 Å². The number of nitrogens with zero attached hydrogens (tertiary/aromatic N) is 1. The minimum absolute atomic E-state index is 0.00287. The van der Waals surface area contributed by atoms with Crippen LogP contribution in [0.1, 0.15) is 37.6 Å². The molecule has 0 aliphatic carbocycles. The number of benzene rings is 1. The van der Waals surface area contributed by atoms with E-state index >= 15 is 0 Å². The van der Waals surface area contributed by atoms with Gasteiger partial charge in [-0.2, -0.15) is 0 Å². The molecule has 0 aromatic heterocycles. The Labute approximate surface area is 112 Å². The number of nitrogens with two attached hydrogens (primary N) is 1. The van der Waals surface area contributed by atoms with Crippen molar-refractivity contribution in [3.8, 4) is 0 Å². The molecule has 0 radical (unpaired) electrons. The van der Waals surface area contributed by atoms with E-state index in [1.54, 1.807) is 0 Å². The van der Waals surface area contributed by atoms with Gasteiger partial charge in [0.25, 0.3) is 5.91 Å². The van der Waals surface area contributed by atoms with Gasteiger partial charge in [-0.05, 0) is 24.0 Å². The van der Waals surface area contributed by atoms with Crippen molar-refractivity contribution in [2.24, 2.45) is 5.41 Å². The van der Waals surface area contributed by atoms with E-state index in [0.717, 1.165) is 6.42 Å². The topological polar surface area (TPSA) is 98.3 Å². The van der Waals surface area contributed by atoms with E-state index in [9.17, 15) is 14.9 Å². The molecule has 0 heterocycles. The van der Waals surface area contributed by atoms with Crippen LogP contribution in [0.3, 0.4) is 0 Å². The highest BCUT2D eigenvalue weighted by molar-refractivity contribution is 6.00. The lowest BCUT2D eigenvalue weighted by Crippen LogP contribution is -2.34. The summed E-state index contributed by atoms with van der Waals surface area (Å²) in [5.74, 6) is -0.472. The van der Waals surface area contributed by atoms with Crippen LogP contribution in [0.15, 0.2) is 18.2 Å². The number of nitro groups is 1. The third-order valence-electron chi connectivity index (χ3n) is 3.18. The minimum atomic E-state index is -0.630. The first-order chi connectivity index (χ1) is 8.78. The smallest absolute Gasteiger partial charge is 0.304 e. The molecule has 6 nitrogen and oxygen atoms in total. The quantitative estimate of drug-likeness (QED) is 0.485. The van der Waals surface area contributed by atoms with Crippen LogP contribution in [0.25, 0.3) is 0 Å². The molecule has 1 aromatic rings. The van der Waals surface area contributed by atoms with Crippen molar-refractivity contribution < 1.29 is 9.72 Å². The van der Waals surface area contributed by atoms with Gasteiger partial charge in [-0.1, -0.05) is 26.8 Å². The predicted octanol–water partition coefficient (Wildman–Crippen LogP) is 2.34. The Kier molecular flexibility index (Phi) is 4.47. The zero-order valence-electron chi connectivity index (χ0n) is 11.4. The van der Waals surface area contributed by atoms with E-state index in [0.29, 0.717) is 6.54 Å². The lowest BCUT2D eigenvalue weighted by atomic mass is 9.90. The van der Waals surface area contributed by atoms with Gasteiger partial charge in [-0.25, -0.2) is 0 Å². The molecular formula is C13H19N3O3. The van der Waals surface area contributed by atoms with E-state index in [-0.39, 0.29) is 22.4 Å². The summed E-state index contributed by atoms with van der Waals surface area (Å²) < 4.78 is 0. The van der Waals surface area contributed by atoms with Gasteiger partial charge in [-0.3, -0.25) is 14.9 Å². The lowest BCUT2D eigenvalue weighted by molar-refractivity contribution is -0.384. The summed E-state index contributed by atoms with van der Waals surface area (Å²) in [5, 5.41) is 13.7. The number of carbonyl (C=O) groups excluding carboxylic acids is 1. The summed E-state index contributed by atoms with van der Waals surface area (Å²) in [6, 6.07) is 4.34. The molecule has 3 N–H and O–H groups in total. The van der Waals surface area contributed by atoms with Crippen molar-refractivity contribution >= 4 is 17.3 Å². The van der Waals surface area contributed by atoms with Crippen molar-refractivity contribution in [3.63, 3.8) is 0 Å². The van der Waals surface area contributed by atoms with E-state index in [4.69, 9.17) is 5.73 Å². The highest BCUT2D eigenvalue weighted by Gasteiger charge is 2.24. The van der Waals surface area contributed by atoms with Crippen LogP contribution in [0.5, 0.6) is 0 Å². The van der Waals surface area contributed by atoms with Crippen LogP contribution >= 0.6 is 0 Å². The standard InChI is InChI=1S/C13H19N3O3/c1-4-13(2,3)8-15-12(17)9-6-5-7-10(14)11(9)16(18)19/h5-7H,4,8,14H2,1-3H3,(H,15,17). The number of anilines is 1. The molecule has 0 unspecified atom stereocenters. The molecular weight excluding hydrogens is 246 g/mol. The lowest BCUT2D eigenvalue weighted by Gasteiger charge is -2.22. The number of nitrogens with one attached hydrogen (secondary N) is 1. The van der Waals surface area contributed by atoms with E-state index in [1.807, 2.05) is 20.8 Å². The number of amides is 1. The average molecular weight is 265 g/mol. The predicted molar refractivity (Wildman–Crippen MR) is 73.9 cm³/mol. The zero-order valence-corrected chi connectivity index (χ0v) is 11.4. The van der Waals surface area contributed by atoms with Gasteiger partial charge >= 0.3 is 5.69 Å². The van der Waals surface area contributed by atoms with Crippen LogP contribution < -0.4 is 11.1 Å². The molecule has 1 rings (SSSR count). The monoisotopic (exact) mass is 265 g/mol. The first kappa shape index (κ1) is 14.9. The number of hydrogen-bond donors (Lipinski definition) is 2. The van der Waals surface area contributed by atoms with E-state index < -0.39 is 10.8 Å². The van der Waals surface area contributed by atoms with Crippen molar-refractivity contribution in [2.75, 3.05) is 12.3 Å². The molecule has 0 fully saturated rings. The van der Waals surface area contributed by atoms with Gasteiger partial charge in [0.15, 0.2) is 0 Å². The maximum absolute atomic E-state index is 12.0. The summed E-state index contributed by atoms with van der Waals surface area (Å²) in [5.41, 5.74) is 5.15. The first-order valence-electron chi connectivity index (χ1n) is 6.09. The molecule has 0 aliphatic rings. The Balaban J connectivity index is 2.95. The third kappa shape index (κ3) is 3.67. The maximum Gasteiger partial charge on any atom is 0.304 e. The highest BCUT2D eigenvalue weighted by atomic mass is 16.6. The van der Waals surface area contributed by atoms with Gasteiger partial charge < -0.3 is 11.1 Å². The molecule has 6 heteroatoms. The summed E-state index contributed by atoms with van der Waals surface area (Å²) >= 11 is 0. The second kappa shape index (κ2) is 5.69. The summed E-state index contributed by atoms with van der Waals surface area (Å²) in [6.07, 6.45) is 0.895. The van der Waals surface area contributed by atoms with Crippen LogP contribution in [0.4, 0.5) is 11.4 Å². The van der Waals surface area contributed by atoms with Gasteiger partial charge in [0.05, 0.1) is 4.92 Å². The molecule has 0 atom stereocenters. The number of nitrogen functional groups attached to an aromatic ring is 1. The Morgan fingerprint density at radius 3 is 2.63 bits per heavy atom. The van der Waals surface area contributed by atoms with Crippen LogP contribution in [0, 0.1) is 15.5 Å². The fourth-order valence-corrected chi connectivity index (χ4v) is 1.49. The largest absolute Gasteiger partial charge is 0.393 e. The Bertz CT molecular complexity index is 498. The molecule has 0 saturated heterocycles. The fraction of sp³-hybridized carbons (Fsp3) is 0.462. The number of rotatable bonds is 5. The van der Waals surface area contributed by atoms with Crippen molar-refractivity contribution in [3.05, 3.63) is 33.9 Å². The molecule has 1 aromatic carbocycles. The van der Waals surface area contributed by atoms with Crippen LogP contribution in [-0.2, 0) is 0 Å². The van der Waals surface area contributed by atoms with Gasteiger partial charge in [-0.15, -0.1) is 0 Å². The molecule has 19 heavy (non-hydrogen) atoms. The summed E-state index contributed by atoms with van der Waals surface area (Å²) in [6.45, 7) is 6.51. The SMILES string of the molecule is CCC(C)(C)CNC(=O)c1cccc(N)c1[N+](=O)[O-]. The second-order valence-corrected chi connectivity index (χ2v) is 5.20. The second-order valence-electron chi connectivity index (χ2n) is 5.20. The number of carbonyl (C=O) groups is 1. The Morgan fingerprint density at radius 1 is 1.47 bits per heavy atom. The van der Waals surface area contributed by atoms with Crippen LogP contribution in [-0.4, -0.2) is 17.4 Å². The molecule has 0 saturated carbocycles. The molecule has 1 amide bonds. The summed E-state index contributed by atoms with van der Waals surface area (Å²) in [7, 11) is 0. The molecule has 0 spiro atoms. The van der Waals surface area contributed by atoms with E-state index in [2.05, 4.69) is 5.32 Å². The third-order valence-corrected chi connectivity index (χ3v) is 3.18. The Hall–Kier alpha value is -2.11. The normalized spacial score (nSPS) is 11.1. The Morgan fingerprint density at radius 2 is 2.11 bits per heavy atom. The van der Waals surface area contributed by atoms with Gasteiger partial charge in [0.1, 0.15) is 11.3 Å². The molecule has 0 bridgehead atoms. The molecule has 0 aliphatic heterocycles. The average Bonchev–Trinajstić information content (AvgIpc) is 2.35. The van der Waals surface area contributed by atoms with E-state index in [1.165, 1.54) is 18.2 Å². The first-order valence-corrected chi connectivity index (χ1v) is 6.09. The maximum atomic E-state index is 12.0.